The van der Waals surface area contributed by atoms with Crippen molar-refractivity contribution in [2.75, 3.05) is 0 Å². The minimum absolute atomic E-state index is 0.157. The molecule has 0 heterocycles. The van der Waals surface area contributed by atoms with Crippen molar-refractivity contribution in [1.82, 2.24) is 0 Å². The normalized spacial score (nSPS) is 19.6. The van der Waals surface area contributed by atoms with Gasteiger partial charge in [0.2, 0.25) is 0 Å². The Morgan fingerprint density at radius 3 is 2.78 bits per heavy atom. The van der Waals surface area contributed by atoms with E-state index in [2.05, 4.69) is 15.9 Å². The number of rotatable bonds is 2. The molecular weight excluding hydrogens is 295 g/mol. The quantitative estimate of drug-likeness (QED) is 0.698. The second-order valence-corrected chi connectivity index (χ2v) is 5.47. The van der Waals surface area contributed by atoms with Crippen LogP contribution in [0.2, 0.25) is 0 Å². The van der Waals surface area contributed by atoms with Gasteiger partial charge in [0.1, 0.15) is 5.82 Å². The lowest BCUT2D eigenvalue weighted by Gasteiger charge is -2.11. The summed E-state index contributed by atoms with van der Waals surface area (Å²) in [6, 6.07) is 4.87. The van der Waals surface area contributed by atoms with E-state index < -0.39 is 5.82 Å². The van der Waals surface area contributed by atoms with E-state index in [1.807, 2.05) is 6.08 Å². The standard InChI is InChI=1S/C15H16BrFO/c16-13-10-6-9-12(14(13)17)15(18)11-7-4-2-1-3-5-8-11/h6-7,9-10H,1-5,8H2/b11-7+. The van der Waals surface area contributed by atoms with Gasteiger partial charge in [-0.15, -0.1) is 0 Å². The fourth-order valence-corrected chi connectivity index (χ4v) is 2.62. The van der Waals surface area contributed by atoms with Crippen molar-refractivity contribution in [2.24, 2.45) is 0 Å². The van der Waals surface area contributed by atoms with Crippen LogP contribution in [0.15, 0.2) is 34.3 Å². The molecule has 0 spiro atoms. The summed E-state index contributed by atoms with van der Waals surface area (Å²) in [4.78, 5) is 12.3. The minimum Gasteiger partial charge on any atom is -0.289 e. The molecule has 0 fully saturated rings. The van der Waals surface area contributed by atoms with Gasteiger partial charge in [-0.05, 0) is 59.3 Å². The lowest BCUT2D eigenvalue weighted by atomic mass is 9.94. The Balaban J connectivity index is 2.26. The molecule has 0 aromatic heterocycles. The van der Waals surface area contributed by atoms with E-state index in [1.165, 1.54) is 6.42 Å². The molecule has 1 aromatic rings. The van der Waals surface area contributed by atoms with Crippen LogP contribution in [0.1, 0.15) is 48.9 Å². The molecule has 96 valence electrons. The molecule has 0 radical (unpaired) electrons. The van der Waals surface area contributed by atoms with Crippen molar-refractivity contribution >= 4 is 21.7 Å². The van der Waals surface area contributed by atoms with E-state index in [1.54, 1.807) is 18.2 Å². The fourth-order valence-electron chi connectivity index (χ4n) is 2.25. The molecule has 1 aliphatic carbocycles. The van der Waals surface area contributed by atoms with Crippen LogP contribution < -0.4 is 0 Å². The van der Waals surface area contributed by atoms with Crippen molar-refractivity contribution in [3.05, 3.63) is 45.7 Å². The number of Topliss-reactive ketones (excluding diaryl/α,β-unsaturated/α-hetero) is 1. The predicted octanol–water partition coefficient (Wildman–Crippen LogP) is 5.05. The zero-order chi connectivity index (χ0) is 13.0. The summed E-state index contributed by atoms with van der Waals surface area (Å²) in [5.74, 6) is -0.610. The maximum absolute atomic E-state index is 13.9. The third-order valence-corrected chi connectivity index (χ3v) is 3.89. The first-order valence-electron chi connectivity index (χ1n) is 6.38. The summed E-state index contributed by atoms with van der Waals surface area (Å²) < 4.78 is 14.2. The molecule has 0 amide bonds. The summed E-state index contributed by atoms with van der Waals surface area (Å²) in [7, 11) is 0. The summed E-state index contributed by atoms with van der Waals surface area (Å²) in [5.41, 5.74) is 0.947. The van der Waals surface area contributed by atoms with Crippen LogP contribution in [0.4, 0.5) is 4.39 Å². The fraction of sp³-hybridized carbons (Fsp3) is 0.400. The van der Waals surface area contributed by atoms with Crippen LogP contribution in [0, 0.1) is 5.82 Å². The van der Waals surface area contributed by atoms with Crippen LogP contribution in [-0.4, -0.2) is 5.78 Å². The average molecular weight is 311 g/mol. The number of carbonyl (C=O) groups is 1. The topological polar surface area (TPSA) is 17.1 Å². The van der Waals surface area contributed by atoms with Gasteiger partial charge in [0, 0.05) is 0 Å². The first kappa shape index (κ1) is 13.5. The number of allylic oxidation sites excluding steroid dienone is 2. The molecule has 18 heavy (non-hydrogen) atoms. The molecular formula is C15H16BrFO. The summed E-state index contributed by atoms with van der Waals surface area (Å²) in [6.07, 6.45) is 8.21. The molecule has 0 unspecified atom stereocenters. The molecule has 3 heteroatoms. The van der Waals surface area contributed by atoms with Crippen molar-refractivity contribution in [1.29, 1.82) is 0 Å². The Morgan fingerprint density at radius 1 is 1.17 bits per heavy atom. The molecule has 0 saturated heterocycles. The van der Waals surface area contributed by atoms with Gasteiger partial charge in [-0.2, -0.15) is 0 Å². The number of halogens is 2. The van der Waals surface area contributed by atoms with Crippen LogP contribution in [-0.2, 0) is 0 Å². The van der Waals surface area contributed by atoms with Crippen molar-refractivity contribution in [2.45, 2.75) is 38.5 Å². The average Bonchev–Trinajstić information content (AvgIpc) is 2.31. The first-order valence-corrected chi connectivity index (χ1v) is 7.17. The third-order valence-electron chi connectivity index (χ3n) is 3.28. The Kier molecular flexibility index (Phi) is 4.70. The van der Waals surface area contributed by atoms with E-state index in [0.29, 0.717) is 4.47 Å². The van der Waals surface area contributed by atoms with Crippen LogP contribution >= 0.6 is 15.9 Å². The smallest absolute Gasteiger partial charge is 0.191 e. The Bertz CT molecular complexity index is 479. The third kappa shape index (κ3) is 3.08. The van der Waals surface area contributed by atoms with Crippen molar-refractivity contribution in [3.63, 3.8) is 0 Å². The number of hydrogen-bond donors (Lipinski definition) is 0. The molecule has 1 nitrogen and oxygen atoms in total. The monoisotopic (exact) mass is 310 g/mol. The molecule has 0 aliphatic heterocycles. The summed E-state index contributed by atoms with van der Waals surface area (Å²) in [5, 5.41) is 0. The Hall–Kier alpha value is -0.960. The second kappa shape index (κ2) is 6.28. The number of ketones is 1. The van der Waals surface area contributed by atoms with E-state index in [0.717, 1.165) is 37.7 Å². The van der Waals surface area contributed by atoms with E-state index in [4.69, 9.17) is 0 Å². The van der Waals surface area contributed by atoms with Crippen LogP contribution in [0.5, 0.6) is 0 Å². The minimum atomic E-state index is -0.453. The maximum Gasteiger partial charge on any atom is 0.191 e. The molecule has 0 saturated carbocycles. The van der Waals surface area contributed by atoms with Crippen LogP contribution in [0.3, 0.4) is 0 Å². The largest absolute Gasteiger partial charge is 0.289 e. The lowest BCUT2D eigenvalue weighted by molar-refractivity contribution is 0.102. The molecule has 0 N–H and O–H groups in total. The van der Waals surface area contributed by atoms with E-state index in [-0.39, 0.29) is 11.3 Å². The number of carbonyl (C=O) groups excluding carboxylic acids is 1. The van der Waals surface area contributed by atoms with E-state index in [9.17, 15) is 9.18 Å². The van der Waals surface area contributed by atoms with Gasteiger partial charge >= 0.3 is 0 Å². The van der Waals surface area contributed by atoms with Crippen molar-refractivity contribution < 1.29 is 9.18 Å². The molecule has 1 aromatic carbocycles. The van der Waals surface area contributed by atoms with Gasteiger partial charge in [-0.3, -0.25) is 4.79 Å². The molecule has 1 aliphatic rings. The SMILES string of the molecule is O=C(/C1=C/CCCCCC1)c1cccc(Br)c1F. The van der Waals surface area contributed by atoms with Crippen molar-refractivity contribution in [3.8, 4) is 0 Å². The number of hydrogen-bond acceptors (Lipinski definition) is 1. The molecule has 2 rings (SSSR count). The lowest BCUT2D eigenvalue weighted by Crippen LogP contribution is -2.08. The number of benzene rings is 1. The summed E-state index contributed by atoms with van der Waals surface area (Å²) in [6.45, 7) is 0. The van der Waals surface area contributed by atoms with Gasteiger partial charge in [-0.1, -0.05) is 25.0 Å². The summed E-state index contributed by atoms with van der Waals surface area (Å²) >= 11 is 3.12. The molecule has 0 bridgehead atoms. The highest BCUT2D eigenvalue weighted by Crippen LogP contribution is 2.24. The first-order chi connectivity index (χ1) is 8.70. The molecule has 0 atom stereocenters. The van der Waals surface area contributed by atoms with Gasteiger partial charge in [0.15, 0.2) is 5.78 Å². The second-order valence-electron chi connectivity index (χ2n) is 4.61. The highest BCUT2D eigenvalue weighted by Gasteiger charge is 2.18. The zero-order valence-electron chi connectivity index (χ0n) is 10.2. The maximum atomic E-state index is 13.9. The Morgan fingerprint density at radius 2 is 1.94 bits per heavy atom. The van der Waals surface area contributed by atoms with Gasteiger partial charge in [0.25, 0.3) is 0 Å². The van der Waals surface area contributed by atoms with E-state index >= 15 is 0 Å². The van der Waals surface area contributed by atoms with Crippen LogP contribution in [0.25, 0.3) is 0 Å². The zero-order valence-corrected chi connectivity index (χ0v) is 11.8. The van der Waals surface area contributed by atoms with Gasteiger partial charge < -0.3 is 0 Å². The van der Waals surface area contributed by atoms with Gasteiger partial charge in [-0.25, -0.2) is 4.39 Å². The highest BCUT2D eigenvalue weighted by atomic mass is 79.9. The highest BCUT2D eigenvalue weighted by molar-refractivity contribution is 9.10. The Labute approximate surface area is 115 Å². The van der Waals surface area contributed by atoms with Gasteiger partial charge in [0.05, 0.1) is 10.0 Å². The predicted molar refractivity (Wildman–Crippen MR) is 74.2 cm³/mol.